The largest absolute Gasteiger partial charge is 0.387 e. The molecule has 1 aromatic carbocycles. The van der Waals surface area contributed by atoms with Crippen LogP contribution in [0.4, 0.5) is 5.82 Å². The van der Waals surface area contributed by atoms with Gasteiger partial charge in [-0.3, -0.25) is 4.90 Å². The molecule has 1 saturated heterocycles. The first-order chi connectivity index (χ1) is 19.1. The summed E-state index contributed by atoms with van der Waals surface area (Å²) in [5, 5.41) is 22.4. The summed E-state index contributed by atoms with van der Waals surface area (Å²) in [6.07, 6.45) is 4.18. The number of likely N-dealkylation sites (N-methyl/N-ethyl adjacent to an activating group) is 1. The lowest BCUT2D eigenvalue weighted by atomic mass is 9.76. The molecule has 4 aromatic rings. The van der Waals surface area contributed by atoms with Gasteiger partial charge in [0, 0.05) is 25.2 Å². The van der Waals surface area contributed by atoms with E-state index in [0.717, 1.165) is 49.1 Å². The minimum absolute atomic E-state index is 0.109. The number of ether oxygens (including phenoxy) is 1. The number of nitrogens with one attached hydrogen (secondary N) is 1. The number of rotatable bonds is 8. The van der Waals surface area contributed by atoms with Gasteiger partial charge in [0.25, 0.3) is 0 Å². The summed E-state index contributed by atoms with van der Waals surface area (Å²) in [6.45, 7) is 10.3. The molecule has 10 heteroatoms. The second kappa shape index (κ2) is 10.4. The van der Waals surface area contributed by atoms with Crippen LogP contribution in [0.15, 0.2) is 36.8 Å². The first-order valence-electron chi connectivity index (χ1n) is 14.4. The van der Waals surface area contributed by atoms with E-state index in [-0.39, 0.29) is 5.41 Å². The molecule has 10 nitrogen and oxygen atoms in total. The van der Waals surface area contributed by atoms with Crippen LogP contribution in [0.1, 0.15) is 64.6 Å². The molecule has 2 fully saturated rings. The summed E-state index contributed by atoms with van der Waals surface area (Å²) in [7, 11) is 0. The number of imidazole rings is 1. The first kappa shape index (κ1) is 27.1. The zero-order valence-corrected chi connectivity index (χ0v) is 23.8. The number of fused-ring (bicyclic) bond motifs is 2. The predicted octanol–water partition coefficient (Wildman–Crippen LogP) is 3.54. The van der Waals surface area contributed by atoms with Gasteiger partial charge in [0.1, 0.15) is 41.9 Å². The Labute approximate surface area is 234 Å². The Morgan fingerprint density at radius 3 is 2.70 bits per heavy atom. The van der Waals surface area contributed by atoms with Crippen molar-refractivity contribution in [2.24, 2.45) is 5.92 Å². The van der Waals surface area contributed by atoms with Crippen molar-refractivity contribution >= 4 is 27.9 Å². The molecular weight excluding hydrogens is 506 g/mol. The molecule has 40 heavy (non-hydrogen) atoms. The van der Waals surface area contributed by atoms with Crippen molar-refractivity contribution in [3.05, 3.63) is 48.2 Å². The summed E-state index contributed by atoms with van der Waals surface area (Å²) in [5.41, 5.74) is 10.1. The smallest absolute Gasteiger partial charge is 0.164 e. The quantitative estimate of drug-likeness (QED) is 0.263. The van der Waals surface area contributed by atoms with Crippen LogP contribution in [-0.2, 0) is 16.6 Å². The molecule has 4 atom stereocenters. The molecular formula is C30H41N7O3. The van der Waals surface area contributed by atoms with Crippen molar-refractivity contribution in [1.82, 2.24) is 29.4 Å². The van der Waals surface area contributed by atoms with E-state index in [0.29, 0.717) is 35.4 Å². The highest BCUT2D eigenvalue weighted by molar-refractivity contribution is 5.86. The number of benzene rings is 1. The van der Waals surface area contributed by atoms with Gasteiger partial charge in [0.05, 0.1) is 16.4 Å². The van der Waals surface area contributed by atoms with Crippen LogP contribution < -0.4 is 5.73 Å². The summed E-state index contributed by atoms with van der Waals surface area (Å²) < 4.78 is 7.96. The number of hydrogen-bond acceptors (Lipinski definition) is 8. The minimum atomic E-state index is -1.06. The van der Waals surface area contributed by atoms with E-state index in [2.05, 4.69) is 65.7 Å². The maximum Gasteiger partial charge on any atom is 0.164 e. The highest BCUT2D eigenvalue weighted by atomic mass is 16.6. The number of nitrogens with zero attached hydrogens (tertiary/aromatic N) is 5. The third-order valence-electron chi connectivity index (χ3n) is 8.89. The molecule has 1 aliphatic carbocycles. The molecule has 3 aromatic heterocycles. The van der Waals surface area contributed by atoms with Gasteiger partial charge in [-0.25, -0.2) is 15.0 Å². The molecule has 0 spiro atoms. The third-order valence-corrected chi connectivity index (χ3v) is 8.89. The number of aromatic amines is 1. The molecule has 0 radical (unpaired) electrons. The number of aromatic nitrogens is 5. The lowest BCUT2D eigenvalue weighted by Crippen LogP contribution is -2.49. The molecule has 4 heterocycles. The Kier molecular flexibility index (Phi) is 7.06. The number of hydrogen-bond donors (Lipinski definition) is 4. The summed E-state index contributed by atoms with van der Waals surface area (Å²) in [4.78, 5) is 19.1. The molecule has 2 aliphatic rings. The average molecular weight is 548 g/mol. The lowest BCUT2D eigenvalue weighted by Gasteiger charge is -2.43. The van der Waals surface area contributed by atoms with Crippen molar-refractivity contribution in [2.45, 2.75) is 89.4 Å². The number of aliphatic hydroxyl groups excluding tert-OH is 2. The highest BCUT2D eigenvalue weighted by Crippen LogP contribution is 2.38. The fraction of sp³-hybridized carbons (Fsp3) is 0.567. The Hall–Kier alpha value is -3.05. The number of nitrogen functional groups attached to an aromatic ring is 1. The van der Waals surface area contributed by atoms with Crippen LogP contribution in [0.2, 0.25) is 0 Å². The molecule has 0 amide bonds. The summed E-state index contributed by atoms with van der Waals surface area (Å²) in [5.74, 6) is 2.09. The highest BCUT2D eigenvalue weighted by Gasteiger charge is 2.46. The van der Waals surface area contributed by atoms with Gasteiger partial charge in [0.15, 0.2) is 6.23 Å². The number of aryl methyl sites for hydroxylation is 1. The SMILES string of the molecule is CCN(C[C@H]1O[C@@H](n2ccc3c(N)ncnc32)[C@H](O)[C@@H]1O)[C@H]1C[C@H](CCc2nc3cc(C(C)(C)C)ccc3[nH]2)C1. The Bertz CT molecular complexity index is 1490. The van der Waals surface area contributed by atoms with Gasteiger partial charge < -0.3 is 30.2 Å². The number of nitrogens with two attached hydrogens (primary N) is 1. The summed E-state index contributed by atoms with van der Waals surface area (Å²) >= 11 is 0. The maximum atomic E-state index is 10.9. The molecule has 0 bridgehead atoms. The van der Waals surface area contributed by atoms with E-state index < -0.39 is 24.5 Å². The van der Waals surface area contributed by atoms with Gasteiger partial charge >= 0.3 is 0 Å². The summed E-state index contributed by atoms with van der Waals surface area (Å²) in [6, 6.07) is 8.80. The Morgan fingerprint density at radius 2 is 1.95 bits per heavy atom. The van der Waals surface area contributed by atoms with Crippen LogP contribution in [0.25, 0.3) is 22.1 Å². The topological polar surface area (TPSA) is 138 Å². The van der Waals surface area contributed by atoms with Gasteiger partial charge in [-0.05, 0) is 60.9 Å². The second-order valence-electron chi connectivity index (χ2n) is 12.5. The van der Waals surface area contributed by atoms with Crippen molar-refractivity contribution in [3.63, 3.8) is 0 Å². The third kappa shape index (κ3) is 4.98. The fourth-order valence-corrected chi connectivity index (χ4v) is 6.29. The van der Waals surface area contributed by atoms with Gasteiger partial charge in [0.2, 0.25) is 0 Å². The first-order valence-corrected chi connectivity index (χ1v) is 14.4. The number of H-pyrrole nitrogens is 1. The maximum absolute atomic E-state index is 10.9. The van der Waals surface area contributed by atoms with Crippen LogP contribution in [0.5, 0.6) is 0 Å². The molecule has 214 valence electrons. The van der Waals surface area contributed by atoms with E-state index >= 15 is 0 Å². The van der Waals surface area contributed by atoms with Crippen molar-refractivity contribution in [3.8, 4) is 0 Å². The van der Waals surface area contributed by atoms with E-state index in [1.807, 2.05) is 6.07 Å². The minimum Gasteiger partial charge on any atom is -0.387 e. The lowest BCUT2D eigenvalue weighted by molar-refractivity contribution is -0.0548. The van der Waals surface area contributed by atoms with Crippen LogP contribution in [-0.4, -0.2) is 77.1 Å². The van der Waals surface area contributed by atoms with Crippen molar-refractivity contribution in [1.29, 1.82) is 0 Å². The zero-order valence-electron chi connectivity index (χ0n) is 23.8. The Morgan fingerprint density at radius 1 is 1.15 bits per heavy atom. The number of anilines is 1. The van der Waals surface area contributed by atoms with Crippen molar-refractivity contribution in [2.75, 3.05) is 18.8 Å². The van der Waals surface area contributed by atoms with E-state index in [9.17, 15) is 10.2 Å². The van der Waals surface area contributed by atoms with Crippen LogP contribution >= 0.6 is 0 Å². The Balaban J connectivity index is 1.03. The number of aliphatic hydroxyl groups is 2. The van der Waals surface area contributed by atoms with Crippen LogP contribution in [0, 0.1) is 5.92 Å². The molecule has 6 rings (SSSR count). The van der Waals surface area contributed by atoms with Gasteiger partial charge in [-0.1, -0.05) is 33.8 Å². The average Bonchev–Trinajstić information content (AvgIpc) is 3.58. The molecule has 0 unspecified atom stereocenters. The standard InChI is InChI=1S/C30H41N7O3/c1-5-36(15-23-25(38)26(39)29(40-23)37-11-10-20-27(31)32-16-33-28(20)37)19-12-17(13-19)6-9-24-34-21-8-7-18(30(2,3)4)14-22(21)35-24/h7-8,10-11,14,16-17,19,23,25-26,29,38-39H,5-6,9,12-13,15H2,1-4H3,(H,34,35)(H2,31,32,33)/t17-,19-,23-,25-,26-,29-/m1/s1. The second-order valence-corrected chi connectivity index (χ2v) is 12.5. The van der Waals surface area contributed by atoms with Crippen LogP contribution in [0.3, 0.4) is 0 Å². The van der Waals surface area contributed by atoms with Gasteiger partial charge in [-0.15, -0.1) is 0 Å². The predicted molar refractivity (Wildman–Crippen MR) is 155 cm³/mol. The van der Waals surface area contributed by atoms with Crippen molar-refractivity contribution < 1.29 is 14.9 Å². The molecule has 5 N–H and O–H groups in total. The zero-order chi connectivity index (χ0) is 28.2. The van der Waals surface area contributed by atoms with E-state index in [1.165, 1.54) is 11.9 Å². The van der Waals surface area contributed by atoms with E-state index in [4.69, 9.17) is 15.5 Å². The van der Waals surface area contributed by atoms with Gasteiger partial charge in [-0.2, -0.15) is 0 Å². The van der Waals surface area contributed by atoms with E-state index in [1.54, 1.807) is 10.8 Å². The fourth-order valence-electron chi connectivity index (χ4n) is 6.29. The molecule has 1 aliphatic heterocycles. The monoisotopic (exact) mass is 547 g/mol. The molecule has 1 saturated carbocycles. The normalized spacial score (nSPS) is 27.2.